The zero-order valence-electron chi connectivity index (χ0n) is 10.8. The first-order valence-electron chi connectivity index (χ1n) is 6.02. The van der Waals surface area contributed by atoms with Crippen LogP contribution in [0, 0.1) is 0 Å². The minimum Gasteiger partial charge on any atom is -0.480 e. The summed E-state index contributed by atoms with van der Waals surface area (Å²) in [6.07, 6.45) is 0.704. The maximum Gasteiger partial charge on any atom is 0.320 e. The molecule has 6 N–H and O–H groups in total. The molecule has 1 amide bonds. The minimum absolute atomic E-state index is 0.0330. The average Bonchev–Trinajstić information content (AvgIpc) is 2.39. The van der Waals surface area contributed by atoms with E-state index in [2.05, 4.69) is 5.32 Å². The Morgan fingerprint density at radius 1 is 1.40 bits per heavy atom. The summed E-state index contributed by atoms with van der Waals surface area (Å²) >= 11 is 0. The molecule has 7 heteroatoms. The van der Waals surface area contributed by atoms with E-state index in [1.807, 2.05) is 0 Å². The average molecular weight is 279 g/mol. The van der Waals surface area contributed by atoms with Crippen LogP contribution in [0.25, 0.3) is 0 Å². The van der Waals surface area contributed by atoms with Gasteiger partial charge in [-0.25, -0.2) is 0 Å². The van der Waals surface area contributed by atoms with E-state index >= 15 is 0 Å². The van der Waals surface area contributed by atoms with E-state index in [-0.39, 0.29) is 19.4 Å². The molecule has 1 unspecified atom stereocenters. The Kier molecular flexibility index (Phi) is 5.67. The number of hydrogen-bond acceptors (Lipinski definition) is 5. The molecule has 0 aromatic heterocycles. The fraction of sp³-hybridized carbons (Fsp3) is 0.308. The van der Waals surface area contributed by atoms with Crippen molar-refractivity contribution < 1.29 is 19.5 Å². The molecule has 7 nitrogen and oxygen atoms in total. The molecule has 108 valence electrons. The van der Waals surface area contributed by atoms with Crippen LogP contribution in [0.4, 0.5) is 5.69 Å². The van der Waals surface area contributed by atoms with Gasteiger partial charge in [0, 0.05) is 24.2 Å². The second kappa shape index (κ2) is 7.25. The zero-order valence-corrected chi connectivity index (χ0v) is 10.8. The third-order valence-electron chi connectivity index (χ3n) is 2.88. The number of aliphatic carboxylic acids is 1. The van der Waals surface area contributed by atoms with Crippen molar-refractivity contribution in [2.45, 2.75) is 25.4 Å². The predicted octanol–water partition coefficient (Wildman–Crippen LogP) is -0.110. The zero-order chi connectivity index (χ0) is 15.1. The molecule has 1 rings (SSSR count). The Balaban J connectivity index is 2.75. The molecule has 1 aromatic rings. The molecule has 20 heavy (non-hydrogen) atoms. The Morgan fingerprint density at radius 2 is 2.10 bits per heavy atom. The Hall–Kier alpha value is -2.41. The van der Waals surface area contributed by atoms with Crippen LogP contribution in [0.15, 0.2) is 18.2 Å². The van der Waals surface area contributed by atoms with Crippen molar-refractivity contribution in [1.29, 1.82) is 0 Å². The first kappa shape index (κ1) is 15.6. The van der Waals surface area contributed by atoms with Crippen molar-refractivity contribution in [2.24, 2.45) is 5.73 Å². The predicted molar refractivity (Wildman–Crippen MR) is 72.9 cm³/mol. The molecule has 0 aliphatic carbocycles. The number of benzene rings is 1. The number of amides is 1. The van der Waals surface area contributed by atoms with Crippen molar-refractivity contribution in [1.82, 2.24) is 5.32 Å². The summed E-state index contributed by atoms with van der Waals surface area (Å²) in [6, 6.07) is 3.94. The van der Waals surface area contributed by atoms with Crippen molar-refractivity contribution in [2.75, 3.05) is 5.73 Å². The summed E-state index contributed by atoms with van der Waals surface area (Å²) in [6.45, 7) is 0.122. The molecule has 0 saturated carbocycles. The van der Waals surface area contributed by atoms with Gasteiger partial charge < -0.3 is 21.9 Å². The Morgan fingerprint density at radius 3 is 2.65 bits per heavy atom. The SMILES string of the molecule is NC(=O)CCC(NCc1c(N)cccc1C=O)C(=O)O. The van der Waals surface area contributed by atoms with E-state index in [9.17, 15) is 14.4 Å². The molecule has 0 heterocycles. The quantitative estimate of drug-likeness (QED) is 0.387. The van der Waals surface area contributed by atoms with E-state index in [0.717, 1.165) is 0 Å². The summed E-state index contributed by atoms with van der Waals surface area (Å²) in [5, 5.41) is 11.8. The first-order valence-corrected chi connectivity index (χ1v) is 6.02. The minimum atomic E-state index is -1.09. The number of carboxylic acids is 1. The van der Waals surface area contributed by atoms with Gasteiger partial charge in [-0.2, -0.15) is 0 Å². The Labute approximate surface area is 115 Å². The smallest absolute Gasteiger partial charge is 0.320 e. The fourth-order valence-corrected chi connectivity index (χ4v) is 1.76. The van der Waals surface area contributed by atoms with E-state index in [1.165, 1.54) is 0 Å². The van der Waals surface area contributed by atoms with Gasteiger partial charge in [0.15, 0.2) is 0 Å². The summed E-state index contributed by atoms with van der Waals surface area (Å²) < 4.78 is 0. The molecule has 0 bridgehead atoms. The van der Waals surface area contributed by atoms with Crippen LogP contribution in [0.2, 0.25) is 0 Å². The van der Waals surface area contributed by atoms with Gasteiger partial charge in [0.05, 0.1) is 0 Å². The summed E-state index contributed by atoms with van der Waals surface area (Å²) in [5.41, 5.74) is 12.1. The lowest BCUT2D eigenvalue weighted by atomic mass is 10.1. The molecule has 0 radical (unpaired) electrons. The fourth-order valence-electron chi connectivity index (χ4n) is 1.76. The van der Waals surface area contributed by atoms with Gasteiger partial charge in [0.1, 0.15) is 12.3 Å². The number of nitrogen functional groups attached to an aromatic ring is 1. The molecular formula is C13H17N3O4. The van der Waals surface area contributed by atoms with Gasteiger partial charge in [-0.1, -0.05) is 12.1 Å². The van der Waals surface area contributed by atoms with Crippen molar-refractivity contribution in [3.8, 4) is 0 Å². The van der Waals surface area contributed by atoms with Crippen LogP contribution in [-0.4, -0.2) is 29.3 Å². The second-order valence-corrected chi connectivity index (χ2v) is 4.31. The first-order chi connectivity index (χ1) is 9.45. The number of rotatable bonds is 8. The standard InChI is InChI=1S/C13H17N3O4/c14-10-3-1-2-8(7-17)9(10)6-16-11(13(19)20)4-5-12(15)18/h1-3,7,11,16H,4-6,14H2,(H2,15,18)(H,19,20). The van der Waals surface area contributed by atoms with Crippen molar-refractivity contribution in [3.63, 3.8) is 0 Å². The van der Waals surface area contributed by atoms with E-state index in [4.69, 9.17) is 16.6 Å². The molecule has 0 fully saturated rings. The van der Waals surface area contributed by atoms with Gasteiger partial charge >= 0.3 is 5.97 Å². The van der Waals surface area contributed by atoms with E-state index < -0.39 is 17.9 Å². The highest BCUT2D eigenvalue weighted by atomic mass is 16.4. The Bertz CT molecular complexity index is 516. The number of aldehydes is 1. The lowest BCUT2D eigenvalue weighted by molar-refractivity contribution is -0.139. The highest BCUT2D eigenvalue weighted by Crippen LogP contribution is 2.15. The van der Waals surface area contributed by atoms with Crippen molar-refractivity contribution in [3.05, 3.63) is 29.3 Å². The van der Waals surface area contributed by atoms with Crippen LogP contribution >= 0.6 is 0 Å². The van der Waals surface area contributed by atoms with Gasteiger partial charge in [-0.15, -0.1) is 0 Å². The lowest BCUT2D eigenvalue weighted by Crippen LogP contribution is -2.37. The summed E-state index contributed by atoms with van der Waals surface area (Å²) in [5.74, 6) is -1.65. The van der Waals surface area contributed by atoms with Crippen molar-refractivity contribution >= 4 is 23.9 Å². The largest absolute Gasteiger partial charge is 0.480 e. The third kappa shape index (κ3) is 4.36. The van der Waals surface area contributed by atoms with Crippen LogP contribution in [0.1, 0.15) is 28.8 Å². The number of primary amides is 1. The van der Waals surface area contributed by atoms with Crippen LogP contribution in [0.3, 0.4) is 0 Å². The molecule has 0 spiro atoms. The number of carbonyl (C=O) groups is 3. The van der Waals surface area contributed by atoms with Gasteiger partial charge in [-0.05, 0) is 18.1 Å². The van der Waals surface area contributed by atoms with Gasteiger partial charge in [-0.3, -0.25) is 14.4 Å². The monoisotopic (exact) mass is 279 g/mol. The molecule has 1 aromatic carbocycles. The number of anilines is 1. The molecule has 0 aliphatic heterocycles. The molecule has 1 atom stereocenters. The maximum atomic E-state index is 11.1. The maximum absolute atomic E-state index is 11.1. The molecule has 0 saturated heterocycles. The molecular weight excluding hydrogens is 262 g/mol. The number of carboxylic acid groups (broad SMARTS) is 1. The van der Waals surface area contributed by atoms with E-state index in [0.29, 0.717) is 23.1 Å². The second-order valence-electron chi connectivity index (χ2n) is 4.31. The van der Waals surface area contributed by atoms with Crippen LogP contribution in [0.5, 0.6) is 0 Å². The van der Waals surface area contributed by atoms with Crippen LogP contribution in [-0.2, 0) is 16.1 Å². The summed E-state index contributed by atoms with van der Waals surface area (Å²) in [7, 11) is 0. The number of nitrogens with two attached hydrogens (primary N) is 2. The van der Waals surface area contributed by atoms with Crippen LogP contribution < -0.4 is 16.8 Å². The number of carbonyl (C=O) groups excluding carboxylic acids is 2. The topological polar surface area (TPSA) is 136 Å². The summed E-state index contributed by atoms with van der Waals surface area (Å²) in [4.78, 5) is 32.7. The number of hydrogen-bond donors (Lipinski definition) is 4. The molecule has 0 aliphatic rings. The third-order valence-corrected chi connectivity index (χ3v) is 2.88. The number of nitrogens with one attached hydrogen (secondary N) is 1. The van der Waals surface area contributed by atoms with E-state index in [1.54, 1.807) is 18.2 Å². The highest BCUT2D eigenvalue weighted by molar-refractivity contribution is 5.80. The van der Waals surface area contributed by atoms with Gasteiger partial charge in [0.25, 0.3) is 0 Å². The normalized spacial score (nSPS) is 11.8. The lowest BCUT2D eigenvalue weighted by Gasteiger charge is -2.15. The highest BCUT2D eigenvalue weighted by Gasteiger charge is 2.18. The van der Waals surface area contributed by atoms with Gasteiger partial charge in [0.2, 0.25) is 5.91 Å².